The van der Waals surface area contributed by atoms with Gasteiger partial charge in [0.25, 0.3) is 5.56 Å². The van der Waals surface area contributed by atoms with E-state index in [1.807, 2.05) is 35.7 Å². The van der Waals surface area contributed by atoms with Crippen LogP contribution >= 0.6 is 11.3 Å². The SMILES string of the molecule is COC(=O)c1ccc(-c2nc(Cn3cnc4ccccc4c3=O)cs2)cc1. The second-order valence-corrected chi connectivity index (χ2v) is 6.77. The molecule has 2 aromatic carbocycles. The number of nitrogens with zero attached hydrogens (tertiary/aromatic N) is 3. The van der Waals surface area contributed by atoms with Crippen molar-refractivity contribution in [2.75, 3.05) is 7.11 Å². The number of rotatable bonds is 4. The van der Waals surface area contributed by atoms with Gasteiger partial charge in [-0.1, -0.05) is 24.3 Å². The number of hydrogen-bond donors (Lipinski definition) is 0. The molecular weight excluding hydrogens is 362 g/mol. The molecule has 7 heteroatoms. The number of para-hydroxylation sites is 1. The predicted molar refractivity (Wildman–Crippen MR) is 104 cm³/mol. The summed E-state index contributed by atoms with van der Waals surface area (Å²) in [6.45, 7) is 0.355. The molecule has 2 heterocycles. The van der Waals surface area contributed by atoms with Gasteiger partial charge < -0.3 is 4.74 Å². The van der Waals surface area contributed by atoms with Gasteiger partial charge in [0.15, 0.2) is 0 Å². The summed E-state index contributed by atoms with van der Waals surface area (Å²) in [5.41, 5.74) is 2.78. The summed E-state index contributed by atoms with van der Waals surface area (Å²) in [7, 11) is 1.35. The summed E-state index contributed by atoms with van der Waals surface area (Å²) >= 11 is 1.49. The first-order valence-corrected chi connectivity index (χ1v) is 9.11. The van der Waals surface area contributed by atoms with Gasteiger partial charge in [-0.3, -0.25) is 9.36 Å². The Balaban J connectivity index is 1.59. The smallest absolute Gasteiger partial charge is 0.337 e. The summed E-state index contributed by atoms with van der Waals surface area (Å²) in [6.07, 6.45) is 1.55. The highest BCUT2D eigenvalue weighted by Gasteiger charge is 2.10. The van der Waals surface area contributed by atoms with E-state index >= 15 is 0 Å². The Labute approximate surface area is 158 Å². The zero-order chi connectivity index (χ0) is 18.8. The molecule has 134 valence electrons. The van der Waals surface area contributed by atoms with Gasteiger partial charge in [0, 0.05) is 10.9 Å². The molecule has 0 fully saturated rings. The monoisotopic (exact) mass is 377 g/mol. The predicted octanol–water partition coefficient (Wildman–Crippen LogP) is 3.35. The summed E-state index contributed by atoms with van der Waals surface area (Å²) in [4.78, 5) is 33.1. The van der Waals surface area contributed by atoms with Crippen LogP contribution in [0.2, 0.25) is 0 Å². The molecule has 0 saturated carbocycles. The van der Waals surface area contributed by atoms with Crippen LogP contribution in [-0.2, 0) is 11.3 Å². The number of methoxy groups -OCH3 is 1. The molecule has 6 nitrogen and oxygen atoms in total. The molecule has 0 atom stereocenters. The van der Waals surface area contributed by atoms with E-state index in [9.17, 15) is 9.59 Å². The Morgan fingerprint density at radius 3 is 2.70 bits per heavy atom. The quantitative estimate of drug-likeness (QED) is 0.510. The molecular formula is C20H15N3O3S. The van der Waals surface area contributed by atoms with Gasteiger partial charge in [0.05, 0.1) is 42.1 Å². The van der Waals surface area contributed by atoms with E-state index in [-0.39, 0.29) is 11.5 Å². The molecule has 0 radical (unpaired) electrons. The van der Waals surface area contributed by atoms with Crippen LogP contribution in [0.25, 0.3) is 21.5 Å². The number of hydrogen-bond acceptors (Lipinski definition) is 6. The Morgan fingerprint density at radius 1 is 1.15 bits per heavy atom. The number of ether oxygens (including phenoxy) is 1. The van der Waals surface area contributed by atoms with Gasteiger partial charge in [-0.05, 0) is 24.3 Å². The third-order valence-electron chi connectivity index (χ3n) is 4.17. The first-order chi connectivity index (χ1) is 13.2. The van der Waals surface area contributed by atoms with Crippen molar-refractivity contribution in [3.05, 3.63) is 81.8 Å². The van der Waals surface area contributed by atoms with Crippen LogP contribution in [0.4, 0.5) is 0 Å². The van der Waals surface area contributed by atoms with E-state index in [2.05, 4.69) is 9.97 Å². The van der Waals surface area contributed by atoms with Crippen LogP contribution in [0.3, 0.4) is 0 Å². The molecule has 0 unspecified atom stereocenters. The minimum Gasteiger partial charge on any atom is -0.465 e. The fourth-order valence-electron chi connectivity index (χ4n) is 2.77. The van der Waals surface area contributed by atoms with Crippen molar-refractivity contribution in [2.45, 2.75) is 6.54 Å². The van der Waals surface area contributed by atoms with Gasteiger partial charge in [0.2, 0.25) is 0 Å². The highest BCUT2D eigenvalue weighted by atomic mass is 32.1. The lowest BCUT2D eigenvalue weighted by molar-refractivity contribution is 0.0601. The topological polar surface area (TPSA) is 74.1 Å². The van der Waals surface area contributed by atoms with Gasteiger partial charge in [-0.15, -0.1) is 11.3 Å². The zero-order valence-electron chi connectivity index (χ0n) is 14.5. The van der Waals surface area contributed by atoms with Crippen molar-refractivity contribution < 1.29 is 9.53 Å². The second kappa shape index (κ2) is 7.13. The molecule has 0 aliphatic carbocycles. The lowest BCUT2D eigenvalue weighted by Gasteiger charge is -2.04. The summed E-state index contributed by atoms with van der Waals surface area (Å²) in [5, 5.41) is 3.34. The zero-order valence-corrected chi connectivity index (χ0v) is 15.3. The summed E-state index contributed by atoms with van der Waals surface area (Å²) in [5.74, 6) is -0.371. The van der Waals surface area contributed by atoms with Crippen LogP contribution < -0.4 is 5.56 Å². The average Bonchev–Trinajstić information content (AvgIpc) is 3.18. The summed E-state index contributed by atoms with van der Waals surface area (Å²) in [6, 6.07) is 14.4. The normalized spacial score (nSPS) is 10.9. The van der Waals surface area contributed by atoms with Crippen molar-refractivity contribution in [2.24, 2.45) is 0 Å². The standard InChI is InChI=1S/C20H15N3O3S/c1-26-20(25)14-8-6-13(7-9-14)18-22-15(11-27-18)10-23-12-21-17-5-3-2-4-16(17)19(23)24/h2-9,11-12H,10H2,1H3. The number of fused-ring (bicyclic) bond motifs is 1. The van der Waals surface area contributed by atoms with Crippen LogP contribution in [0.5, 0.6) is 0 Å². The maximum atomic E-state index is 12.6. The first kappa shape index (κ1) is 17.1. The minimum atomic E-state index is -0.371. The number of aromatic nitrogens is 3. The maximum absolute atomic E-state index is 12.6. The molecule has 0 N–H and O–H groups in total. The molecule has 4 rings (SSSR count). The summed E-state index contributed by atoms with van der Waals surface area (Å²) < 4.78 is 6.26. The molecule has 0 aliphatic heterocycles. The van der Waals surface area contributed by atoms with E-state index in [1.54, 1.807) is 29.1 Å². The third kappa shape index (κ3) is 3.37. The van der Waals surface area contributed by atoms with E-state index in [4.69, 9.17) is 4.74 Å². The van der Waals surface area contributed by atoms with Crippen molar-refractivity contribution in [1.29, 1.82) is 0 Å². The highest BCUT2D eigenvalue weighted by Crippen LogP contribution is 2.24. The van der Waals surface area contributed by atoms with Crippen LogP contribution in [0.15, 0.2) is 65.0 Å². The van der Waals surface area contributed by atoms with E-state index in [0.717, 1.165) is 16.3 Å². The van der Waals surface area contributed by atoms with Gasteiger partial charge >= 0.3 is 5.97 Å². The molecule has 0 aliphatic rings. The molecule has 2 aromatic heterocycles. The lowest BCUT2D eigenvalue weighted by atomic mass is 10.1. The van der Waals surface area contributed by atoms with E-state index in [0.29, 0.717) is 23.0 Å². The van der Waals surface area contributed by atoms with Crippen molar-refractivity contribution in [3.8, 4) is 10.6 Å². The highest BCUT2D eigenvalue weighted by molar-refractivity contribution is 7.13. The molecule has 4 aromatic rings. The van der Waals surface area contributed by atoms with Crippen molar-refractivity contribution in [1.82, 2.24) is 14.5 Å². The van der Waals surface area contributed by atoms with Gasteiger partial charge in [-0.2, -0.15) is 0 Å². The fourth-order valence-corrected chi connectivity index (χ4v) is 3.59. The van der Waals surface area contributed by atoms with Gasteiger partial charge in [-0.25, -0.2) is 14.8 Å². The minimum absolute atomic E-state index is 0.0856. The second-order valence-electron chi connectivity index (χ2n) is 5.91. The number of benzene rings is 2. The van der Waals surface area contributed by atoms with E-state index in [1.165, 1.54) is 18.4 Å². The van der Waals surface area contributed by atoms with Crippen molar-refractivity contribution >= 4 is 28.2 Å². The number of carbonyl (C=O) groups excluding carboxylic acids is 1. The molecule has 0 amide bonds. The number of thiazole rings is 1. The molecule has 27 heavy (non-hydrogen) atoms. The Morgan fingerprint density at radius 2 is 1.93 bits per heavy atom. The van der Waals surface area contributed by atoms with Crippen molar-refractivity contribution in [3.63, 3.8) is 0 Å². The first-order valence-electron chi connectivity index (χ1n) is 8.23. The Hall–Kier alpha value is -3.32. The molecule has 0 saturated heterocycles. The maximum Gasteiger partial charge on any atom is 0.337 e. The van der Waals surface area contributed by atoms with Crippen LogP contribution in [0, 0.1) is 0 Å². The van der Waals surface area contributed by atoms with Gasteiger partial charge in [0.1, 0.15) is 5.01 Å². The number of esters is 1. The third-order valence-corrected chi connectivity index (χ3v) is 5.11. The fraction of sp³-hybridized carbons (Fsp3) is 0.100. The molecule has 0 bridgehead atoms. The largest absolute Gasteiger partial charge is 0.465 e. The lowest BCUT2D eigenvalue weighted by Crippen LogP contribution is -2.21. The van der Waals surface area contributed by atoms with E-state index < -0.39 is 0 Å². The Kier molecular flexibility index (Phi) is 4.52. The average molecular weight is 377 g/mol. The van der Waals surface area contributed by atoms with Crippen LogP contribution in [0.1, 0.15) is 16.1 Å². The Bertz CT molecular complexity index is 1180. The van der Waals surface area contributed by atoms with Crippen LogP contribution in [-0.4, -0.2) is 27.6 Å². The number of carbonyl (C=O) groups is 1. The molecule has 0 spiro atoms.